The Kier molecular flexibility index (Phi) is 5.94. The number of para-hydroxylation sites is 1. The number of benzene rings is 1. The number of fused-ring (bicyclic) bond motifs is 1. The van der Waals surface area contributed by atoms with E-state index in [4.69, 9.17) is 4.42 Å². The van der Waals surface area contributed by atoms with Gasteiger partial charge in [-0.25, -0.2) is 0 Å². The highest BCUT2D eigenvalue weighted by atomic mass is 32.2. The molecular formula is C22H28N4O2S. The second kappa shape index (κ2) is 8.61. The van der Waals surface area contributed by atoms with Gasteiger partial charge in [0.2, 0.25) is 11.7 Å². The summed E-state index contributed by atoms with van der Waals surface area (Å²) >= 11 is 1.45. The molecule has 2 heterocycles. The molecular weight excluding hydrogens is 384 g/mol. The molecule has 7 heteroatoms. The van der Waals surface area contributed by atoms with Crippen LogP contribution in [0.3, 0.4) is 0 Å². The minimum atomic E-state index is -0.234. The van der Waals surface area contributed by atoms with Crippen molar-refractivity contribution in [2.24, 2.45) is 0 Å². The summed E-state index contributed by atoms with van der Waals surface area (Å²) in [5.41, 5.74) is 0.829. The molecule has 1 aromatic carbocycles. The third-order valence-corrected chi connectivity index (χ3v) is 6.49. The second-order valence-corrected chi connectivity index (χ2v) is 9.33. The molecule has 1 aliphatic rings. The van der Waals surface area contributed by atoms with E-state index in [1.165, 1.54) is 31.0 Å². The lowest BCUT2D eigenvalue weighted by Gasteiger charge is -2.24. The van der Waals surface area contributed by atoms with Crippen LogP contribution >= 0.6 is 11.8 Å². The first-order chi connectivity index (χ1) is 14.0. The summed E-state index contributed by atoms with van der Waals surface area (Å²) in [5, 5.41) is 13.5. The maximum atomic E-state index is 12.7. The quantitative estimate of drug-likeness (QED) is 0.563. The maximum Gasteiger partial charge on any atom is 0.233 e. The van der Waals surface area contributed by atoms with Crippen LogP contribution in [0.4, 0.5) is 0 Å². The van der Waals surface area contributed by atoms with E-state index < -0.39 is 0 Å². The van der Waals surface area contributed by atoms with Crippen molar-refractivity contribution >= 4 is 28.6 Å². The van der Waals surface area contributed by atoms with Gasteiger partial charge in [0.05, 0.1) is 5.25 Å². The minimum absolute atomic E-state index is 0.0745. The summed E-state index contributed by atoms with van der Waals surface area (Å²) in [7, 11) is 0. The lowest BCUT2D eigenvalue weighted by Crippen LogP contribution is -2.40. The largest absolute Gasteiger partial charge is 0.453 e. The Balaban J connectivity index is 1.53. The number of hydrogen-bond acceptors (Lipinski definition) is 5. The first-order valence-electron chi connectivity index (χ1n) is 10.4. The average molecular weight is 413 g/mol. The Bertz CT molecular complexity index is 955. The summed E-state index contributed by atoms with van der Waals surface area (Å²) in [5.74, 6) is 1.46. The second-order valence-electron chi connectivity index (χ2n) is 8.02. The zero-order chi connectivity index (χ0) is 20.4. The van der Waals surface area contributed by atoms with Crippen molar-refractivity contribution < 1.29 is 9.21 Å². The number of aromatic nitrogens is 3. The number of thioether (sulfide) groups is 1. The molecule has 0 saturated heterocycles. The summed E-state index contributed by atoms with van der Waals surface area (Å²) in [6.45, 7) is 6.11. The predicted octanol–water partition coefficient (Wildman–Crippen LogP) is 5.20. The van der Waals surface area contributed by atoms with Crippen LogP contribution in [0.1, 0.15) is 58.9 Å². The van der Waals surface area contributed by atoms with E-state index in [9.17, 15) is 4.79 Å². The number of carbonyl (C=O) groups is 1. The molecule has 1 N–H and O–H groups in total. The molecule has 154 valence electrons. The van der Waals surface area contributed by atoms with Crippen molar-refractivity contribution in [3.05, 3.63) is 30.3 Å². The number of amides is 1. The third-order valence-electron chi connectivity index (χ3n) is 5.43. The molecule has 1 saturated carbocycles. The number of rotatable bonds is 6. The van der Waals surface area contributed by atoms with E-state index in [0.717, 1.165) is 29.0 Å². The molecule has 0 spiro atoms. The summed E-state index contributed by atoms with van der Waals surface area (Å²) in [4.78, 5) is 12.7. The normalized spacial score (nSPS) is 16.4. The first kappa shape index (κ1) is 20.0. The highest BCUT2D eigenvalue weighted by Crippen LogP contribution is 2.33. The Morgan fingerprint density at radius 2 is 1.93 bits per heavy atom. The smallest absolute Gasteiger partial charge is 0.233 e. The number of nitrogens with one attached hydrogen (secondary N) is 1. The SMILES string of the molecule is CC(Sc1nnc(-c2cc3ccccc3o2)n1C(C)C)C(=O)NC1CCCCC1. The molecule has 0 radical (unpaired) electrons. The molecule has 2 aromatic heterocycles. The molecule has 6 nitrogen and oxygen atoms in total. The van der Waals surface area contributed by atoms with Crippen molar-refractivity contribution in [3.8, 4) is 11.6 Å². The summed E-state index contributed by atoms with van der Waals surface area (Å²) in [6.07, 6.45) is 5.85. The van der Waals surface area contributed by atoms with Gasteiger partial charge in [-0.15, -0.1) is 10.2 Å². The van der Waals surface area contributed by atoms with Crippen LogP contribution in [0.15, 0.2) is 39.9 Å². The van der Waals surface area contributed by atoms with Gasteiger partial charge in [0.25, 0.3) is 0 Å². The van der Waals surface area contributed by atoms with E-state index >= 15 is 0 Å². The zero-order valence-corrected chi connectivity index (χ0v) is 18.0. The van der Waals surface area contributed by atoms with Gasteiger partial charge in [0.1, 0.15) is 5.58 Å². The van der Waals surface area contributed by atoms with E-state index in [1.54, 1.807) is 0 Å². The first-order valence-corrected chi connectivity index (χ1v) is 11.3. The molecule has 1 fully saturated rings. The fourth-order valence-corrected chi connectivity index (χ4v) is 4.85. The standard InChI is InChI=1S/C22H28N4O2S/c1-14(2)26-20(19-13-16-9-7-8-12-18(16)28-19)24-25-22(26)29-15(3)21(27)23-17-10-5-4-6-11-17/h7-9,12-15,17H,4-6,10-11H2,1-3H3,(H,23,27). The van der Waals surface area contributed by atoms with Crippen molar-refractivity contribution in [2.75, 3.05) is 0 Å². The van der Waals surface area contributed by atoms with Crippen LogP contribution in [0.5, 0.6) is 0 Å². The highest BCUT2D eigenvalue weighted by Gasteiger charge is 2.25. The van der Waals surface area contributed by atoms with Crippen LogP contribution in [-0.4, -0.2) is 32.0 Å². The zero-order valence-electron chi connectivity index (χ0n) is 17.2. The van der Waals surface area contributed by atoms with Gasteiger partial charge in [-0.05, 0) is 45.7 Å². The van der Waals surface area contributed by atoms with Crippen molar-refractivity contribution in [1.29, 1.82) is 0 Å². The van der Waals surface area contributed by atoms with Crippen molar-refractivity contribution in [2.45, 2.75) is 75.4 Å². The molecule has 0 aliphatic heterocycles. The topological polar surface area (TPSA) is 73.0 Å². The van der Waals surface area contributed by atoms with Gasteiger partial charge in [-0.2, -0.15) is 0 Å². The monoisotopic (exact) mass is 412 g/mol. The van der Waals surface area contributed by atoms with Gasteiger partial charge in [-0.1, -0.05) is 49.2 Å². The lowest BCUT2D eigenvalue weighted by atomic mass is 9.95. The molecule has 4 rings (SSSR count). The van der Waals surface area contributed by atoms with Crippen molar-refractivity contribution in [1.82, 2.24) is 20.1 Å². The number of carbonyl (C=O) groups excluding carboxylic acids is 1. The Morgan fingerprint density at radius 3 is 2.66 bits per heavy atom. The van der Waals surface area contributed by atoms with Gasteiger partial charge in [0.15, 0.2) is 10.9 Å². The Hall–Kier alpha value is -2.28. The molecule has 1 aliphatic carbocycles. The van der Waals surface area contributed by atoms with Crippen molar-refractivity contribution in [3.63, 3.8) is 0 Å². The third kappa shape index (κ3) is 4.34. The molecule has 1 unspecified atom stereocenters. The van der Waals surface area contributed by atoms with Gasteiger partial charge in [-0.3, -0.25) is 9.36 Å². The maximum absolute atomic E-state index is 12.7. The van der Waals surface area contributed by atoms with Gasteiger partial charge < -0.3 is 9.73 Å². The number of nitrogens with zero attached hydrogens (tertiary/aromatic N) is 3. The van der Waals surface area contributed by atoms with E-state index in [2.05, 4.69) is 29.4 Å². The van der Waals surface area contributed by atoms with Crippen LogP contribution in [-0.2, 0) is 4.79 Å². The molecule has 0 bridgehead atoms. The van der Waals surface area contributed by atoms with Crippen LogP contribution in [0.2, 0.25) is 0 Å². The fourth-order valence-electron chi connectivity index (χ4n) is 3.86. The number of hydrogen-bond donors (Lipinski definition) is 1. The van der Waals surface area contributed by atoms with Crippen LogP contribution in [0, 0.1) is 0 Å². The molecule has 1 atom stereocenters. The summed E-state index contributed by atoms with van der Waals surface area (Å²) in [6, 6.07) is 10.4. The van der Waals surface area contributed by atoms with Gasteiger partial charge in [0, 0.05) is 17.5 Å². The van der Waals surface area contributed by atoms with E-state index in [1.807, 2.05) is 41.8 Å². The van der Waals surface area contributed by atoms with E-state index in [-0.39, 0.29) is 17.2 Å². The molecule has 29 heavy (non-hydrogen) atoms. The lowest BCUT2D eigenvalue weighted by molar-refractivity contribution is -0.121. The fraction of sp³-hybridized carbons (Fsp3) is 0.500. The molecule has 1 amide bonds. The van der Waals surface area contributed by atoms with Crippen LogP contribution < -0.4 is 5.32 Å². The number of furan rings is 1. The summed E-state index contributed by atoms with van der Waals surface area (Å²) < 4.78 is 8.05. The molecule has 3 aromatic rings. The highest BCUT2D eigenvalue weighted by molar-refractivity contribution is 8.00. The Morgan fingerprint density at radius 1 is 1.17 bits per heavy atom. The van der Waals surface area contributed by atoms with Crippen LogP contribution in [0.25, 0.3) is 22.6 Å². The Labute approximate surface area is 175 Å². The van der Waals surface area contributed by atoms with Gasteiger partial charge >= 0.3 is 0 Å². The minimum Gasteiger partial charge on any atom is -0.453 e. The average Bonchev–Trinajstić information content (AvgIpc) is 3.32. The predicted molar refractivity (Wildman–Crippen MR) is 116 cm³/mol. The van der Waals surface area contributed by atoms with E-state index in [0.29, 0.717) is 17.6 Å².